The Morgan fingerprint density at radius 3 is 2.17 bits per heavy atom. The second-order valence-electron chi connectivity index (χ2n) is 8.74. The van der Waals surface area contributed by atoms with Crippen molar-refractivity contribution in [1.29, 1.82) is 0 Å². The fourth-order valence-corrected chi connectivity index (χ4v) is 5.85. The van der Waals surface area contributed by atoms with Crippen LogP contribution in [0.3, 0.4) is 0 Å². The van der Waals surface area contributed by atoms with E-state index in [1.807, 2.05) is 62.4 Å². The van der Waals surface area contributed by atoms with Gasteiger partial charge in [-0.3, -0.25) is 4.79 Å². The summed E-state index contributed by atoms with van der Waals surface area (Å²) in [6.45, 7) is 5.58. The quantitative estimate of drug-likeness (QED) is 0.325. The molecule has 0 aliphatic carbocycles. The van der Waals surface area contributed by atoms with E-state index < -0.39 is 9.84 Å². The molecule has 0 saturated heterocycles. The van der Waals surface area contributed by atoms with E-state index in [-0.39, 0.29) is 39.5 Å². The molecule has 0 unspecified atom stereocenters. The average molecular weight is 499 g/mol. The summed E-state index contributed by atoms with van der Waals surface area (Å²) in [4.78, 5) is 22.4. The van der Waals surface area contributed by atoms with E-state index in [1.165, 1.54) is 0 Å². The number of anilines is 1. The fraction of sp³-hybridized carbons (Fsp3) is 0.179. The zero-order chi connectivity index (χ0) is 25.4. The van der Waals surface area contributed by atoms with Crippen LogP contribution in [0.1, 0.15) is 37.4 Å². The number of nitrogens with one attached hydrogen (secondary N) is 1. The number of rotatable bonds is 6. The van der Waals surface area contributed by atoms with Crippen molar-refractivity contribution in [2.24, 2.45) is 0 Å². The Labute approximate surface area is 209 Å². The lowest BCUT2D eigenvalue weighted by Crippen LogP contribution is -2.18. The number of sulfone groups is 1. The number of aromatic nitrogens is 3. The summed E-state index contributed by atoms with van der Waals surface area (Å²) in [5, 5.41) is 2.88. The smallest absolute Gasteiger partial charge is 0.225 e. The largest absolute Gasteiger partial charge is 0.311 e. The standard InChI is InChI=1S/C28H26N4O3S/c1-4-24(33)31-28-26(36(34,35)21-16-14-18(2)15-17-21)25-27(30-23-13-9-8-12-22(23)29-25)32(28)19(3)20-10-6-5-7-11-20/h5-17,19H,4H2,1-3H3,(H,31,33)/t19-/m1/s1. The highest BCUT2D eigenvalue weighted by atomic mass is 32.2. The maximum Gasteiger partial charge on any atom is 0.225 e. The highest BCUT2D eigenvalue weighted by Gasteiger charge is 2.33. The first-order chi connectivity index (χ1) is 17.3. The first-order valence-corrected chi connectivity index (χ1v) is 13.3. The maximum atomic E-state index is 14.1. The minimum Gasteiger partial charge on any atom is -0.311 e. The summed E-state index contributed by atoms with van der Waals surface area (Å²) in [7, 11) is -4.07. The van der Waals surface area contributed by atoms with Gasteiger partial charge in [0.2, 0.25) is 15.7 Å². The number of fused-ring (bicyclic) bond motifs is 2. The Kier molecular flexibility index (Phi) is 6.05. The lowest BCUT2D eigenvalue weighted by Gasteiger charge is -2.19. The van der Waals surface area contributed by atoms with E-state index in [0.29, 0.717) is 16.7 Å². The van der Waals surface area contributed by atoms with E-state index in [4.69, 9.17) is 9.97 Å². The predicted octanol–water partition coefficient (Wildman–Crippen LogP) is 5.68. The summed E-state index contributed by atoms with van der Waals surface area (Å²) in [5.41, 5.74) is 3.71. The molecule has 2 heterocycles. The molecule has 36 heavy (non-hydrogen) atoms. The molecule has 1 atom stereocenters. The van der Waals surface area contributed by atoms with Crippen molar-refractivity contribution in [3.63, 3.8) is 0 Å². The summed E-state index contributed by atoms with van der Waals surface area (Å²) < 4.78 is 30.0. The second kappa shape index (κ2) is 9.20. The van der Waals surface area contributed by atoms with Gasteiger partial charge >= 0.3 is 0 Å². The molecule has 1 N–H and O–H groups in total. The van der Waals surface area contributed by atoms with Crippen molar-refractivity contribution in [3.8, 4) is 0 Å². The van der Waals surface area contributed by atoms with Gasteiger partial charge in [0, 0.05) is 6.42 Å². The molecule has 0 aliphatic rings. The van der Waals surface area contributed by atoms with Gasteiger partial charge in [-0.05, 0) is 43.7 Å². The maximum absolute atomic E-state index is 14.1. The Hall–Kier alpha value is -4.04. The predicted molar refractivity (Wildman–Crippen MR) is 141 cm³/mol. The molecule has 7 nitrogen and oxygen atoms in total. The Bertz CT molecular complexity index is 1690. The van der Waals surface area contributed by atoms with Crippen molar-refractivity contribution in [1.82, 2.24) is 14.5 Å². The number of benzene rings is 3. The number of amides is 1. The molecule has 1 amide bonds. The first kappa shape index (κ1) is 23.7. The summed E-state index contributed by atoms with van der Waals surface area (Å²) in [5.74, 6) is -0.131. The van der Waals surface area contributed by atoms with Gasteiger partial charge in [0.15, 0.2) is 5.65 Å². The molecule has 8 heteroatoms. The number of carbonyl (C=O) groups is 1. The summed E-state index contributed by atoms with van der Waals surface area (Å²) in [6.07, 6.45) is 0.189. The number of para-hydroxylation sites is 2. The van der Waals surface area contributed by atoms with Crippen molar-refractivity contribution in [2.45, 2.75) is 43.0 Å². The van der Waals surface area contributed by atoms with Crippen molar-refractivity contribution >= 4 is 43.8 Å². The normalized spacial score (nSPS) is 12.6. The number of aryl methyl sites for hydroxylation is 1. The van der Waals surface area contributed by atoms with Gasteiger partial charge in [-0.2, -0.15) is 0 Å². The van der Waals surface area contributed by atoms with Gasteiger partial charge in [-0.1, -0.05) is 67.1 Å². The second-order valence-corrected chi connectivity index (χ2v) is 10.6. The Morgan fingerprint density at radius 1 is 0.917 bits per heavy atom. The fourth-order valence-electron chi connectivity index (χ4n) is 4.32. The molecule has 3 aromatic carbocycles. The van der Waals surface area contributed by atoms with Crippen LogP contribution < -0.4 is 5.32 Å². The van der Waals surface area contributed by atoms with Crippen LogP contribution in [0.4, 0.5) is 5.82 Å². The number of hydrogen-bond acceptors (Lipinski definition) is 5. The van der Waals surface area contributed by atoms with Crippen LogP contribution in [0.25, 0.3) is 22.2 Å². The molecule has 0 bridgehead atoms. The molecular weight excluding hydrogens is 472 g/mol. The van der Waals surface area contributed by atoms with Crippen LogP contribution in [-0.2, 0) is 14.6 Å². The Morgan fingerprint density at radius 2 is 1.53 bits per heavy atom. The Balaban J connectivity index is 1.91. The van der Waals surface area contributed by atoms with E-state index in [1.54, 1.807) is 41.8 Å². The highest BCUT2D eigenvalue weighted by Crippen LogP contribution is 2.40. The zero-order valence-electron chi connectivity index (χ0n) is 20.3. The van der Waals surface area contributed by atoms with E-state index in [0.717, 1.165) is 11.1 Å². The van der Waals surface area contributed by atoms with Crippen LogP contribution in [0.5, 0.6) is 0 Å². The molecule has 0 fully saturated rings. The highest BCUT2D eigenvalue weighted by molar-refractivity contribution is 7.92. The SMILES string of the molecule is CCC(=O)Nc1c(S(=O)(=O)c2ccc(C)cc2)c2nc3ccccc3nc2n1[C@H](C)c1ccccc1. The van der Waals surface area contributed by atoms with Crippen LogP contribution in [0.2, 0.25) is 0 Å². The third-order valence-corrected chi connectivity index (χ3v) is 8.12. The van der Waals surface area contributed by atoms with Gasteiger partial charge < -0.3 is 9.88 Å². The number of hydrogen-bond donors (Lipinski definition) is 1. The zero-order valence-corrected chi connectivity index (χ0v) is 21.1. The molecule has 182 valence electrons. The van der Waals surface area contributed by atoms with Gasteiger partial charge in [-0.25, -0.2) is 18.4 Å². The van der Waals surface area contributed by atoms with Crippen LogP contribution in [0.15, 0.2) is 88.7 Å². The molecule has 0 aliphatic heterocycles. The lowest BCUT2D eigenvalue weighted by atomic mass is 10.1. The average Bonchev–Trinajstić information content (AvgIpc) is 3.20. The monoisotopic (exact) mass is 498 g/mol. The van der Waals surface area contributed by atoms with Gasteiger partial charge in [0.05, 0.1) is 22.0 Å². The molecule has 0 radical (unpaired) electrons. The van der Waals surface area contributed by atoms with E-state index in [2.05, 4.69) is 5.32 Å². The van der Waals surface area contributed by atoms with Crippen LogP contribution in [0, 0.1) is 6.92 Å². The molecular formula is C28H26N4O3S. The molecule has 5 aromatic rings. The number of carbonyl (C=O) groups excluding carboxylic acids is 1. The topological polar surface area (TPSA) is 93.9 Å². The minimum absolute atomic E-state index is 0.0517. The molecule has 0 spiro atoms. The minimum atomic E-state index is -4.07. The van der Waals surface area contributed by atoms with Gasteiger partial charge in [0.1, 0.15) is 16.2 Å². The van der Waals surface area contributed by atoms with Crippen molar-refractivity contribution in [2.75, 3.05) is 5.32 Å². The third kappa shape index (κ3) is 4.03. The lowest BCUT2D eigenvalue weighted by molar-refractivity contribution is -0.115. The van der Waals surface area contributed by atoms with Crippen molar-refractivity contribution < 1.29 is 13.2 Å². The van der Waals surface area contributed by atoms with Gasteiger partial charge in [0.25, 0.3) is 0 Å². The van der Waals surface area contributed by atoms with Gasteiger partial charge in [-0.15, -0.1) is 0 Å². The van der Waals surface area contributed by atoms with E-state index in [9.17, 15) is 13.2 Å². The molecule has 5 rings (SSSR count). The summed E-state index contributed by atoms with van der Waals surface area (Å²) in [6, 6.07) is 23.4. The molecule has 2 aromatic heterocycles. The van der Waals surface area contributed by atoms with Crippen molar-refractivity contribution in [3.05, 3.63) is 90.0 Å². The molecule has 0 saturated carbocycles. The van der Waals surface area contributed by atoms with Crippen LogP contribution >= 0.6 is 0 Å². The first-order valence-electron chi connectivity index (χ1n) is 11.8. The summed E-state index contributed by atoms with van der Waals surface area (Å²) >= 11 is 0. The number of nitrogens with zero attached hydrogens (tertiary/aromatic N) is 3. The van der Waals surface area contributed by atoms with E-state index >= 15 is 0 Å². The third-order valence-electron chi connectivity index (χ3n) is 6.30. The van der Waals surface area contributed by atoms with Crippen LogP contribution in [-0.4, -0.2) is 28.9 Å².